The summed E-state index contributed by atoms with van der Waals surface area (Å²) in [7, 11) is 1.65. The molecule has 0 fully saturated rings. The average Bonchev–Trinajstić information content (AvgIpc) is 2.71. The van der Waals surface area contributed by atoms with Gasteiger partial charge in [-0.2, -0.15) is 0 Å². The number of aryl methyl sites for hydroxylation is 1. The minimum Gasteiger partial charge on any atom is -0.497 e. The molecule has 0 unspecified atom stereocenters. The zero-order valence-electron chi connectivity index (χ0n) is 11.0. The van der Waals surface area contributed by atoms with Crippen LogP contribution in [-0.4, -0.2) is 23.3 Å². The van der Waals surface area contributed by atoms with Gasteiger partial charge >= 0.3 is 0 Å². The number of imidazole rings is 1. The van der Waals surface area contributed by atoms with Crippen molar-refractivity contribution in [2.75, 3.05) is 13.7 Å². The molecule has 0 spiro atoms. The molecule has 18 heavy (non-hydrogen) atoms. The Morgan fingerprint density at radius 2 is 2.00 bits per heavy atom. The topological polar surface area (TPSA) is 36.3 Å². The second-order valence-electron chi connectivity index (χ2n) is 4.14. The van der Waals surface area contributed by atoms with Crippen molar-refractivity contribution in [1.82, 2.24) is 9.55 Å². The molecule has 0 bridgehead atoms. The van der Waals surface area contributed by atoms with Crippen molar-refractivity contribution in [3.63, 3.8) is 0 Å². The van der Waals surface area contributed by atoms with Gasteiger partial charge in [0.15, 0.2) is 0 Å². The number of rotatable bonds is 5. The van der Waals surface area contributed by atoms with Crippen molar-refractivity contribution in [2.24, 2.45) is 0 Å². The minimum atomic E-state index is 0.615. The fourth-order valence-corrected chi connectivity index (χ4v) is 1.72. The van der Waals surface area contributed by atoms with Gasteiger partial charge in [-0.3, -0.25) is 0 Å². The first-order valence-electron chi connectivity index (χ1n) is 5.96. The third-order valence-electron chi connectivity index (χ3n) is 2.99. The zero-order valence-corrected chi connectivity index (χ0v) is 11.0. The van der Waals surface area contributed by atoms with Crippen LogP contribution in [0.4, 0.5) is 0 Å². The number of ether oxygens (including phenoxy) is 2. The number of benzene rings is 1. The van der Waals surface area contributed by atoms with Crippen LogP contribution in [-0.2, 0) is 6.54 Å². The zero-order chi connectivity index (χ0) is 13.0. The van der Waals surface area contributed by atoms with Crippen molar-refractivity contribution in [1.29, 1.82) is 0 Å². The van der Waals surface area contributed by atoms with Gasteiger partial charge in [-0.1, -0.05) is 6.07 Å². The molecule has 0 aliphatic carbocycles. The fourth-order valence-electron chi connectivity index (χ4n) is 1.72. The molecule has 0 aliphatic rings. The quantitative estimate of drug-likeness (QED) is 0.813. The highest BCUT2D eigenvalue weighted by Crippen LogP contribution is 2.18. The molecule has 0 aliphatic heterocycles. The Kier molecular flexibility index (Phi) is 3.87. The van der Waals surface area contributed by atoms with Crippen LogP contribution in [0.5, 0.6) is 11.5 Å². The second-order valence-corrected chi connectivity index (χ2v) is 4.14. The largest absolute Gasteiger partial charge is 0.497 e. The lowest BCUT2D eigenvalue weighted by molar-refractivity contribution is 0.295. The van der Waals surface area contributed by atoms with Crippen molar-refractivity contribution in [3.05, 3.63) is 42.0 Å². The minimum absolute atomic E-state index is 0.615. The van der Waals surface area contributed by atoms with Crippen LogP contribution in [0.1, 0.15) is 11.4 Å². The normalized spacial score (nSPS) is 10.4. The van der Waals surface area contributed by atoms with Crippen LogP contribution in [0.15, 0.2) is 30.6 Å². The van der Waals surface area contributed by atoms with Crippen LogP contribution >= 0.6 is 0 Å². The third-order valence-corrected chi connectivity index (χ3v) is 2.99. The Morgan fingerprint density at radius 3 is 2.67 bits per heavy atom. The van der Waals surface area contributed by atoms with Crippen LogP contribution in [0.3, 0.4) is 0 Å². The maximum atomic E-state index is 5.69. The van der Waals surface area contributed by atoms with Gasteiger partial charge in [0.2, 0.25) is 0 Å². The summed E-state index contributed by atoms with van der Waals surface area (Å²) in [4.78, 5) is 4.26. The molecule has 4 nitrogen and oxygen atoms in total. The van der Waals surface area contributed by atoms with Crippen LogP contribution in [0, 0.1) is 13.8 Å². The molecule has 2 aromatic rings. The predicted octanol–water partition coefficient (Wildman–Crippen LogP) is 2.59. The molecule has 0 atom stereocenters. The Bertz CT molecular complexity index is 520. The summed E-state index contributed by atoms with van der Waals surface area (Å²) in [6.45, 7) is 5.48. The molecule has 0 amide bonds. The fraction of sp³-hybridized carbons (Fsp3) is 0.357. The first-order chi connectivity index (χ1) is 8.70. The molecule has 2 rings (SSSR count). The summed E-state index contributed by atoms with van der Waals surface area (Å²) in [6.07, 6.45) is 1.85. The highest BCUT2D eigenvalue weighted by Gasteiger charge is 2.02. The van der Waals surface area contributed by atoms with Gasteiger partial charge in [0.05, 0.1) is 25.7 Å². The van der Waals surface area contributed by atoms with Gasteiger partial charge in [0.25, 0.3) is 0 Å². The van der Waals surface area contributed by atoms with Crippen LogP contribution in [0.2, 0.25) is 0 Å². The molecule has 1 heterocycles. The van der Waals surface area contributed by atoms with Crippen molar-refractivity contribution < 1.29 is 9.47 Å². The molecule has 0 saturated carbocycles. The van der Waals surface area contributed by atoms with E-state index in [1.54, 1.807) is 7.11 Å². The summed E-state index contributed by atoms with van der Waals surface area (Å²) in [5.74, 6) is 1.63. The molecular weight excluding hydrogens is 228 g/mol. The van der Waals surface area contributed by atoms with E-state index in [4.69, 9.17) is 9.47 Å². The van der Waals surface area contributed by atoms with Crippen molar-refractivity contribution in [2.45, 2.75) is 20.4 Å². The maximum absolute atomic E-state index is 5.69. The highest BCUT2D eigenvalue weighted by atomic mass is 16.5. The van der Waals surface area contributed by atoms with E-state index in [1.807, 2.05) is 37.5 Å². The van der Waals surface area contributed by atoms with E-state index in [2.05, 4.69) is 16.5 Å². The standard InChI is InChI=1S/C14H18N2O2/c1-11-12(2)16(10-15-11)7-8-18-14-6-4-5-13(9-14)17-3/h4-6,9-10H,7-8H2,1-3H3. The highest BCUT2D eigenvalue weighted by molar-refractivity contribution is 5.32. The lowest BCUT2D eigenvalue weighted by Gasteiger charge is -2.09. The maximum Gasteiger partial charge on any atom is 0.123 e. The summed E-state index contributed by atoms with van der Waals surface area (Å²) >= 11 is 0. The van der Waals surface area contributed by atoms with Gasteiger partial charge in [-0.25, -0.2) is 4.98 Å². The smallest absolute Gasteiger partial charge is 0.123 e. The molecule has 1 aromatic carbocycles. The summed E-state index contributed by atoms with van der Waals surface area (Å²) < 4.78 is 12.9. The number of hydrogen-bond acceptors (Lipinski definition) is 3. The molecule has 0 radical (unpaired) electrons. The first-order valence-corrected chi connectivity index (χ1v) is 5.96. The van der Waals surface area contributed by atoms with Crippen LogP contribution < -0.4 is 9.47 Å². The monoisotopic (exact) mass is 246 g/mol. The lowest BCUT2D eigenvalue weighted by Crippen LogP contribution is -2.08. The number of methoxy groups -OCH3 is 1. The lowest BCUT2D eigenvalue weighted by atomic mass is 10.3. The molecular formula is C14H18N2O2. The van der Waals surface area contributed by atoms with E-state index in [-0.39, 0.29) is 0 Å². The Labute approximate surface area is 107 Å². The number of aromatic nitrogens is 2. The SMILES string of the molecule is COc1cccc(OCCn2cnc(C)c2C)c1. The average molecular weight is 246 g/mol. The van der Waals surface area contributed by atoms with Crippen molar-refractivity contribution >= 4 is 0 Å². The van der Waals surface area contributed by atoms with E-state index in [0.717, 1.165) is 23.7 Å². The van der Waals surface area contributed by atoms with E-state index in [9.17, 15) is 0 Å². The molecule has 96 valence electrons. The van der Waals surface area contributed by atoms with Gasteiger partial charge in [0, 0.05) is 11.8 Å². The van der Waals surface area contributed by atoms with E-state index in [1.165, 1.54) is 5.69 Å². The first kappa shape index (κ1) is 12.5. The van der Waals surface area contributed by atoms with Gasteiger partial charge in [-0.15, -0.1) is 0 Å². The summed E-state index contributed by atoms with van der Waals surface area (Å²) in [6, 6.07) is 7.62. The Hall–Kier alpha value is -1.97. The molecule has 1 aromatic heterocycles. The molecule has 0 saturated heterocycles. The number of nitrogens with zero attached hydrogens (tertiary/aromatic N) is 2. The third kappa shape index (κ3) is 2.83. The van der Waals surface area contributed by atoms with Crippen molar-refractivity contribution in [3.8, 4) is 11.5 Å². The second kappa shape index (κ2) is 5.58. The van der Waals surface area contributed by atoms with Crippen LogP contribution in [0.25, 0.3) is 0 Å². The molecule has 0 N–H and O–H groups in total. The Balaban J connectivity index is 1.90. The van der Waals surface area contributed by atoms with Gasteiger partial charge in [-0.05, 0) is 26.0 Å². The molecule has 4 heteroatoms. The van der Waals surface area contributed by atoms with E-state index in [0.29, 0.717) is 6.61 Å². The van der Waals surface area contributed by atoms with E-state index < -0.39 is 0 Å². The Morgan fingerprint density at radius 1 is 1.22 bits per heavy atom. The predicted molar refractivity (Wildman–Crippen MR) is 70.2 cm³/mol. The van der Waals surface area contributed by atoms with E-state index >= 15 is 0 Å². The summed E-state index contributed by atoms with van der Waals surface area (Å²) in [5, 5.41) is 0. The van der Waals surface area contributed by atoms with Gasteiger partial charge in [0.1, 0.15) is 18.1 Å². The number of hydrogen-bond donors (Lipinski definition) is 0. The summed E-state index contributed by atoms with van der Waals surface area (Å²) in [5.41, 5.74) is 2.25. The van der Waals surface area contributed by atoms with Gasteiger partial charge < -0.3 is 14.0 Å².